The fourth-order valence-electron chi connectivity index (χ4n) is 2.90. The van der Waals surface area contributed by atoms with E-state index in [9.17, 15) is 0 Å². The Labute approximate surface area is 99.3 Å². The van der Waals surface area contributed by atoms with Crippen molar-refractivity contribution in [2.75, 3.05) is 13.1 Å². The van der Waals surface area contributed by atoms with Gasteiger partial charge < -0.3 is 5.32 Å². The predicted octanol–water partition coefficient (Wildman–Crippen LogP) is 3.67. The molecule has 1 fully saturated rings. The van der Waals surface area contributed by atoms with Crippen molar-refractivity contribution in [2.45, 2.75) is 44.9 Å². The maximum atomic E-state index is 3.47. The molecule has 1 atom stereocenters. The lowest BCUT2D eigenvalue weighted by atomic mass is 9.84. The number of benzene rings is 1. The second-order valence-electron chi connectivity index (χ2n) is 4.83. The van der Waals surface area contributed by atoms with Crippen LogP contribution >= 0.6 is 0 Å². The SMILES string of the molecule is CCC(CC)c1ccccc1C1CCNC1. The molecule has 16 heavy (non-hydrogen) atoms. The predicted molar refractivity (Wildman–Crippen MR) is 70.0 cm³/mol. The Morgan fingerprint density at radius 3 is 2.62 bits per heavy atom. The second kappa shape index (κ2) is 5.49. The molecule has 1 N–H and O–H groups in total. The van der Waals surface area contributed by atoms with Crippen molar-refractivity contribution in [3.63, 3.8) is 0 Å². The van der Waals surface area contributed by atoms with Crippen LogP contribution in [0.25, 0.3) is 0 Å². The van der Waals surface area contributed by atoms with Crippen LogP contribution in [-0.2, 0) is 0 Å². The van der Waals surface area contributed by atoms with Gasteiger partial charge in [0.2, 0.25) is 0 Å². The highest BCUT2D eigenvalue weighted by Crippen LogP contribution is 2.32. The number of rotatable bonds is 4. The number of nitrogens with one attached hydrogen (secondary N) is 1. The Hall–Kier alpha value is -0.820. The van der Waals surface area contributed by atoms with Gasteiger partial charge in [-0.3, -0.25) is 0 Å². The molecule has 1 aromatic rings. The monoisotopic (exact) mass is 217 g/mol. The molecule has 1 aliphatic rings. The Morgan fingerprint density at radius 2 is 2.00 bits per heavy atom. The summed E-state index contributed by atoms with van der Waals surface area (Å²) in [6, 6.07) is 9.07. The van der Waals surface area contributed by atoms with E-state index in [1.54, 1.807) is 11.1 Å². The second-order valence-corrected chi connectivity index (χ2v) is 4.83. The third-order valence-electron chi connectivity index (χ3n) is 3.92. The molecule has 2 rings (SSSR count). The van der Waals surface area contributed by atoms with Gasteiger partial charge in [-0.1, -0.05) is 38.1 Å². The van der Waals surface area contributed by atoms with Crippen LogP contribution in [0.5, 0.6) is 0 Å². The Balaban J connectivity index is 2.28. The molecule has 0 bridgehead atoms. The van der Waals surface area contributed by atoms with Gasteiger partial charge in [-0.05, 0) is 48.8 Å². The summed E-state index contributed by atoms with van der Waals surface area (Å²) in [5.74, 6) is 1.49. The zero-order chi connectivity index (χ0) is 11.4. The molecule has 1 heterocycles. The molecule has 1 unspecified atom stereocenters. The molecule has 1 aromatic carbocycles. The van der Waals surface area contributed by atoms with Crippen molar-refractivity contribution in [3.05, 3.63) is 35.4 Å². The summed E-state index contributed by atoms with van der Waals surface area (Å²) in [5.41, 5.74) is 3.20. The van der Waals surface area contributed by atoms with Crippen molar-refractivity contribution >= 4 is 0 Å². The highest BCUT2D eigenvalue weighted by molar-refractivity contribution is 5.34. The molecule has 0 saturated carbocycles. The van der Waals surface area contributed by atoms with Crippen molar-refractivity contribution in [1.82, 2.24) is 5.32 Å². The minimum Gasteiger partial charge on any atom is -0.316 e. The average molecular weight is 217 g/mol. The van der Waals surface area contributed by atoms with Gasteiger partial charge in [0.05, 0.1) is 0 Å². The molecule has 1 heteroatoms. The molecule has 88 valence electrons. The van der Waals surface area contributed by atoms with E-state index >= 15 is 0 Å². The van der Waals surface area contributed by atoms with Crippen molar-refractivity contribution in [1.29, 1.82) is 0 Å². The van der Waals surface area contributed by atoms with Crippen molar-refractivity contribution < 1.29 is 0 Å². The molecule has 0 spiro atoms. The Morgan fingerprint density at radius 1 is 1.25 bits per heavy atom. The first-order chi connectivity index (χ1) is 7.86. The van der Waals surface area contributed by atoms with E-state index < -0.39 is 0 Å². The molecular weight excluding hydrogens is 194 g/mol. The van der Waals surface area contributed by atoms with Gasteiger partial charge in [0.25, 0.3) is 0 Å². The van der Waals surface area contributed by atoms with Crippen LogP contribution in [-0.4, -0.2) is 13.1 Å². The first kappa shape index (κ1) is 11.7. The third-order valence-corrected chi connectivity index (χ3v) is 3.92. The standard InChI is InChI=1S/C15H23N/c1-3-12(4-2)14-7-5-6-8-15(14)13-9-10-16-11-13/h5-8,12-13,16H,3-4,9-11H2,1-2H3. The van der Waals surface area contributed by atoms with E-state index in [-0.39, 0.29) is 0 Å². The zero-order valence-electron chi connectivity index (χ0n) is 10.5. The summed E-state index contributed by atoms with van der Waals surface area (Å²) < 4.78 is 0. The molecular formula is C15H23N. The quantitative estimate of drug-likeness (QED) is 0.811. The maximum Gasteiger partial charge on any atom is 0.00207 e. The molecule has 1 saturated heterocycles. The summed E-state index contributed by atoms with van der Waals surface area (Å²) >= 11 is 0. The highest BCUT2D eigenvalue weighted by atomic mass is 14.9. The van der Waals surface area contributed by atoms with E-state index in [0.29, 0.717) is 0 Å². The largest absolute Gasteiger partial charge is 0.316 e. The molecule has 0 aliphatic carbocycles. The molecule has 1 aliphatic heterocycles. The van der Waals surface area contributed by atoms with E-state index in [2.05, 4.69) is 43.4 Å². The first-order valence-corrected chi connectivity index (χ1v) is 6.66. The van der Waals surface area contributed by atoms with Crippen LogP contribution < -0.4 is 5.32 Å². The summed E-state index contributed by atoms with van der Waals surface area (Å²) in [6.07, 6.45) is 3.82. The zero-order valence-corrected chi connectivity index (χ0v) is 10.5. The van der Waals surface area contributed by atoms with E-state index in [1.165, 1.54) is 25.8 Å². The van der Waals surface area contributed by atoms with Crippen LogP contribution in [0.1, 0.15) is 56.1 Å². The van der Waals surface area contributed by atoms with E-state index in [4.69, 9.17) is 0 Å². The van der Waals surface area contributed by atoms with Gasteiger partial charge in [0.1, 0.15) is 0 Å². The maximum absolute atomic E-state index is 3.47. The lowest BCUT2D eigenvalue weighted by Crippen LogP contribution is -2.10. The van der Waals surface area contributed by atoms with Gasteiger partial charge in [0, 0.05) is 6.54 Å². The highest BCUT2D eigenvalue weighted by Gasteiger charge is 2.21. The summed E-state index contributed by atoms with van der Waals surface area (Å²) in [7, 11) is 0. The third kappa shape index (κ3) is 2.30. The van der Waals surface area contributed by atoms with Crippen molar-refractivity contribution in [3.8, 4) is 0 Å². The molecule has 0 aromatic heterocycles. The topological polar surface area (TPSA) is 12.0 Å². The van der Waals surface area contributed by atoms with Crippen LogP contribution in [0, 0.1) is 0 Å². The van der Waals surface area contributed by atoms with Gasteiger partial charge in [0.15, 0.2) is 0 Å². The van der Waals surface area contributed by atoms with Crippen LogP contribution in [0.4, 0.5) is 0 Å². The van der Waals surface area contributed by atoms with E-state index in [0.717, 1.165) is 18.4 Å². The minimum atomic E-state index is 0.747. The van der Waals surface area contributed by atoms with Crippen molar-refractivity contribution in [2.24, 2.45) is 0 Å². The molecule has 0 amide bonds. The average Bonchev–Trinajstić information content (AvgIpc) is 2.85. The summed E-state index contributed by atoms with van der Waals surface area (Å²) in [5, 5.41) is 3.47. The number of hydrogen-bond acceptors (Lipinski definition) is 1. The Kier molecular flexibility index (Phi) is 4.00. The minimum absolute atomic E-state index is 0.747. The lowest BCUT2D eigenvalue weighted by Gasteiger charge is -2.20. The van der Waals surface area contributed by atoms with Gasteiger partial charge in [-0.15, -0.1) is 0 Å². The normalized spacial score (nSPS) is 20.6. The van der Waals surface area contributed by atoms with E-state index in [1.807, 2.05) is 0 Å². The smallest absolute Gasteiger partial charge is 0.00207 e. The lowest BCUT2D eigenvalue weighted by molar-refractivity contribution is 0.622. The van der Waals surface area contributed by atoms with Gasteiger partial charge in [-0.2, -0.15) is 0 Å². The van der Waals surface area contributed by atoms with Crippen LogP contribution in [0.3, 0.4) is 0 Å². The Bertz CT molecular complexity index is 301. The molecule has 1 nitrogen and oxygen atoms in total. The fourth-order valence-corrected chi connectivity index (χ4v) is 2.90. The van der Waals surface area contributed by atoms with Crippen LogP contribution in [0.15, 0.2) is 24.3 Å². The summed E-state index contributed by atoms with van der Waals surface area (Å²) in [4.78, 5) is 0. The van der Waals surface area contributed by atoms with Gasteiger partial charge >= 0.3 is 0 Å². The van der Waals surface area contributed by atoms with Gasteiger partial charge in [-0.25, -0.2) is 0 Å². The first-order valence-electron chi connectivity index (χ1n) is 6.66. The van der Waals surface area contributed by atoms with Crippen LogP contribution in [0.2, 0.25) is 0 Å². The summed E-state index contributed by atoms with van der Waals surface area (Å²) in [6.45, 7) is 6.95. The number of hydrogen-bond donors (Lipinski definition) is 1. The molecule has 0 radical (unpaired) electrons. The fraction of sp³-hybridized carbons (Fsp3) is 0.600.